The van der Waals surface area contributed by atoms with Crippen LogP contribution in [0.1, 0.15) is 25.3 Å². The van der Waals surface area contributed by atoms with Gasteiger partial charge in [0, 0.05) is 43.6 Å². The number of para-hydroxylation sites is 1. The van der Waals surface area contributed by atoms with E-state index >= 15 is 0 Å². The van der Waals surface area contributed by atoms with Crippen molar-refractivity contribution in [1.82, 2.24) is 9.88 Å². The lowest BCUT2D eigenvalue weighted by Crippen LogP contribution is -2.40. The van der Waals surface area contributed by atoms with Crippen molar-refractivity contribution in [2.24, 2.45) is 5.92 Å². The maximum atomic E-state index is 11.8. The van der Waals surface area contributed by atoms with E-state index in [2.05, 4.69) is 41.1 Å². The zero-order valence-electron chi connectivity index (χ0n) is 11.9. The Kier molecular flexibility index (Phi) is 3.79. The van der Waals surface area contributed by atoms with Crippen LogP contribution in [0.2, 0.25) is 0 Å². The molecule has 1 aliphatic heterocycles. The van der Waals surface area contributed by atoms with Gasteiger partial charge < -0.3 is 0 Å². The summed E-state index contributed by atoms with van der Waals surface area (Å²) in [6.45, 7) is 4.75. The molecule has 1 aliphatic rings. The largest absolute Gasteiger partial charge is 0.299 e. The zero-order valence-corrected chi connectivity index (χ0v) is 11.9. The average molecular weight is 268 g/mol. The second-order valence-corrected chi connectivity index (χ2v) is 5.55. The number of Topliss-reactive ketones (excluding diaryl/α,β-unsaturated/α-hetero) is 1. The summed E-state index contributed by atoms with van der Waals surface area (Å²) >= 11 is 0. The number of carbonyl (C=O) groups excluding carboxylic acids is 1. The number of rotatable bonds is 3. The third-order valence-corrected chi connectivity index (χ3v) is 4.21. The molecule has 104 valence electrons. The summed E-state index contributed by atoms with van der Waals surface area (Å²) in [5.41, 5.74) is 2.34. The topological polar surface area (TPSA) is 33.2 Å². The Hall–Kier alpha value is -1.74. The SMILES string of the molecule is CCC1CN(Cc2cccc3cccnc23)CCC1=O. The molecule has 2 aromatic rings. The molecule has 0 radical (unpaired) electrons. The second-order valence-electron chi connectivity index (χ2n) is 5.55. The summed E-state index contributed by atoms with van der Waals surface area (Å²) in [5.74, 6) is 0.645. The van der Waals surface area contributed by atoms with Crippen LogP contribution >= 0.6 is 0 Å². The number of pyridine rings is 1. The van der Waals surface area contributed by atoms with Crippen molar-refractivity contribution in [3.05, 3.63) is 42.1 Å². The van der Waals surface area contributed by atoms with Crippen molar-refractivity contribution in [2.45, 2.75) is 26.3 Å². The summed E-state index contributed by atoms with van der Waals surface area (Å²) in [4.78, 5) is 18.7. The smallest absolute Gasteiger partial charge is 0.138 e. The van der Waals surface area contributed by atoms with Gasteiger partial charge in [-0.3, -0.25) is 14.7 Å². The van der Waals surface area contributed by atoms with Crippen molar-refractivity contribution in [3.63, 3.8) is 0 Å². The lowest BCUT2D eigenvalue weighted by Gasteiger charge is -2.31. The Balaban J connectivity index is 1.81. The fourth-order valence-corrected chi connectivity index (χ4v) is 3.01. The first-order valence-corrected chi connectivity index (χ1v) is 7.35. The van der Waals surface area contributed by atoms with Crippen LogP contribution in [0.3, 0.4) is 0 Å². The Labute approximate surface area is 119 Å². The lowest BCUT2D eigenvalue weighted by atomic mass is 9.93. The van der Waals surface area contributed by atoms with E-state index in [4.69, 9.17) is 0 Å². The number of aromatic nitrogens is 1. The van der Waals surface area contributed by atoms with E-state index in [1.807, 2.05) is 12.3 Å². The second kappa shape index (κ2) is 5.71. The molecule has 0 aliphatic carbocycles. The van der Waals surface area contributed by atoms with Gasteiger partial charge in [-0.2, -0.15) is 0 Å². The molecule has 1 saturated heterocycles. The molecule has 0 spiro atoms. The van der Waals surface area contributed by atoms with E-state index in [0.29, 0.717) is 12.2 Å². The minimum Gasteiger partial charge on any atom is -0.299 e. The number of ketones is 1. The van der Waals surface area contributed by atoms with Gasteiger partial charge in [-0.05, 0) is 18.1 Å². The molecule has 2 heterocycles. The van der Waals surface area contributed by atoms with Crippen LogP contribution in [0.15, 0.2) is 36.5 Å². The third-order valence-electron chi connectivity index (χ3n) is 4.21. The number of nitrogens with zero attached hydrogens (tertiary/aromatic N) is 2. The van der Waals surface area contributed by atoms with Crippen molar-refractivity contribution in [3.8, 4) is 0 Å². The molecule has 1 fully saturated rings. The molecule has 0 amide bonds. The van der Waals surface area contributed by atoms with Gasteiger partial charge >= 0.3 is 0 Å². The van der Waals surface area contributed by atoms with Crippen LogP contribution < -0.4 is 0 Å². The molecule has 1 aromatic heterocycles. The van der Waals surface area contributed by atoms with Crippen LogP contribution in [0.5, 0.6) is 0 Å². The normalized spacial score (nSPS) is 20.4. The minimum atomic E-state index is 0.215. The van der Waals surface area contributed by atoms with Gasteiger partial charge in [-0.15, -0.1) is 0 Å². The maximum absolute atomic E-state index is 11.8. The summed E-state index contributed by atoms with van der Waals surface area (Å²) in [5, 5.41) is 1.19. The summed E-state index contributed by atoms with van der Waals surface area (Å²) < 4.78 is 0. The monoisotopic (exact) mass is 268 g/mol. The molecule has 1 atom stereocenters. The van der Waals surface area contributed by atoms with E-state index in [1.165, 1.54) is 10.9 Å². The molecule has 20 heavy (non-hydrogen) atoms. The standard InChI is InChI=1S/C17H20N2O/c1-2-13-11-19(10-8-16(13)20)12-15-6-3-5-14-7-4-9-18-17(14)15/h3-7,9,13H,2,8,10-12H2,1H3. The summed E-state index contributed by atoms with van der Waals surface area (Å²) in [6, 6.07) is 10.4. The molecular formula is C17H20N2O. The molecule has 0 bridgehead atoms. The van der Waals surface area contributed by atoms with Gasteiger partial charge in [0.15, 0.2) is 0 Å². The number of carbonyl (C=O) groups is 1. The highest BCUT2D eigenvalue weighted by atomic mass is 16.1. The van der Waals surface area contributed by atoms with Crippen LogP contribution in [-0.4, -0.2) is 28.8 Å². The van der Waals surface area contributed by atoms with Crippen LogP contribution in [0.25, 0.3) is 10.9 Å². The van der Waals surface area contributed by atoms with Gasteiger partial charge in [0.25, 0.3) is 0 Å². The van der Waals surface area contributed by atoms with E-state index in [1.54, 1.807) is 0 Å². The van der Waals surface area contributed by atoms with Gasteiger partial charge in [0.1, 0.15) is 5.78 Å². The van der Waals surface area contributed by atoms with E-state index in [0.717, 1.165) is 31.6 Å². The highest BCUT2D eigenvalue weighted by Gasteiger charge is 2.25. The third kappa shape index (κ3) is 2.59. The van der Waals surface area contributed by atoms with Crippen LogP contribution in [0, 0.1) is 5.92 Å². The van der Waals surface area contributed by atoms with Gasteiger partial charge in [-0.1, -0.05) is 31.2 Å². The van der Waals surface area contributed by atoms with Crippen LogP contribution in [0.4, 0.5) is 0 Å². The number of fused-ring (bicyclic) bond motifs is 1. The molecular weight excluding hydrogens is 248 g/mol. The lowest BCUT2D eigenvalue weighted by molar-refractivity contribution is -0.126. The number of likely N-dealkylation sites (tertiary alicyclic amines) is 1. The summed E-state index contributed by atoms with van der Waals surface area (Å²) in [6.07, 6.45) is 3.49. The van der Waals surface area contributed by atoms with E-state index in [9.17, 15) is 4.79 Å². The van der Waals surface area contributed by atoms with Gasteiger partial charge in [-0.25, -0.2) is 0 Å². The van der Waals surface area contributed by atoms with Crippen molar-refractivity contribution in [1.29, 1.82) is 0 Å². The number of piperidine rings is 1. The first-order valence-electron chi connectivity index (χ1n) is 7.35. The van der Waals surface area contributed by atoms with Gasteiger partial charge in [0.05, 0.1) is 5.52 Å². The van der Waals surface area contributed by atoms with Crippen molar-refractivity contribution >= 4 is 16.7 Å². The van der Waals surface area contributed by atoms with E-state index in [-0.39, 0.29) is 5.92 Å². The molecule has 1 aromatic carbocycles. The first kappa shape index (κ1) is 13.3. The molecule has 1 unspecified atom stereocenters. The fraction of sp³-hybridized carbons (Fsp3) is 0.412. The van der Waals surface area contributed by atoms with Gasteiger partial charge in [0.2, 0.25) is 0 Å². The zero-order chi connectivity index (χ0) is 13.9. The maximum Gasteiger partial charge on any atom is 0.138 e. The Morgan fingerprint density at radius 2 is 2.15 bits per heavy atom. The Bertz CT molecular complexity index is 618. The Morgan fingerprint density at radius 1 is 1.30 bits per heavy atom. The number of hydrogen-bond acceptors (Lipinski definition) is 3. The minimum absolute atomic E-state index is 0.215. The molecule has 3 heteroatoms. The summed E-state index contributed by atoms with van der Waals surface area (Å²) in [7, 11) is 0. The predicted molar refractivity (Wildman–Crippen MR) is 80.4 cm³/mol. The number of hydrogen-bond donors (Lipinski definition) is 0. The number of benzene rings is 1. The first-order chi connectivity index (χ1) is 9.78. The molecule has 3 rings (SSSR count). The highest BCUT2D eigenvalue weighted by Crippen LogP contribution is 2.21. The average Bonchev–Trinajstić information content (AvgIpc) is 2.49. The van der Waals surface area contributed by atoms with Crippen LogP contribution in [-0.2, 0) is 11.3 Å². The van der Waals surface area contributed by atoms with E-state index < -0.39 is 0 Å². The Morgan fingerprint density at radius 3 is 3.00 bits per heavy atom. The molecule has 0 N–H and O–H groups in total. The predicted octanol–water partition coefficient (Wildman–Crippen LogP) is 3.04. The van der Waals surface area contributed by atoms with Crippen molar-refractivity contribution in [2.75, 3.05) is 13.1 Å². The quantitative estimate of drug-likeness (QED) is 0.858. The fourth-order valence-electron chi connectivity index (χ4n) is 3.01. The highest BCUT2D eigenvalue weighted by molar-refractivity contribution is 5.82. The van der Waals surface area contributed by atoms with Crippen molar-refractivity contribution < 1.29 is 4.79 Å². The molecule has 3 nitrogen and oxygen atoms in total. The molecule has 0 saturated carbocycles.